The van der Waals surface area contributed by atoms with Gasteiger partial charge in [-0.25, -0.2) is 4.98 Å². The van der Waals surface area contributed by atoms with Gasteiger partial charge in [-0.2, -0.15) is 0 Å². The van der Waals surface area contributed by atoms with Crippen LogP contribution in [-0.2, 0) is 13.0 Å². The number of methoxy groups -OCH3 is 1. The molecule has 2 heterocycles. The van der Waals surface area contributed by atoms with Crippen LogP contribution >= 0.6 is 22.7 Å². The number of nitrogens with zero attached hydrogens (tertiary/aromatic N) is 1. The van der Waals surface area contributed by atoms with E-state index in [1.54, 1.807) is 29.8 Å². The van der Waals surface area contributed by atoms with Crippen LogP contribution in [0.4, 0.5) is 0 Å². The molecule has 0 saturated carbocycles. The number of aromatic nitrogens is 1. The second kappa shape index (κ2) is 7.92. The topological polar surface area (TPSA) is 34.1 Å². The fraction of sp³-hybridized carbons (Fsp3) is 0.316. The van der Waals surface area contributed by atoms with Crippen molar-refractivity contribution in [1.29, 1.82) is 0 Å². The molecule has 1 atom stereocenters. The molecule has 0 bridgehead atoms. The van der Waals surface area contributed by atoms with Crippen molar-refractivity contribution in [3.8, 4) is 5.75 Å². The maximum atomic E-state index is 5.41. The number of thiophene rings is 1. The van der Waals surface area contributed by atoms with Gasteiger partial charge in [0.15, 0.2) is 0 Å². The Hall–Kier alpha value is -1.69. The molecule has 0 aliphatic heterocycles. The lowest BCUT2D eigenvalue weighted by Gasteiger charge is -2.18. The quantitative estimate of drug-likeness (QED) is 0.652. The molecule has 0 spiro atoms. The summed E-state index contributed by atoms with van der Waals surface area (Å²) >= 11 is 3.51. The van der Waals surface area contributed by atoms with Gasteiger partial charge in [-0.05, 0) is 48.1 Å². The fourth-order valence-corrected chi connectivity index (χ4v) is 4.24. The largest absolute Gasteiger partial charge is 0.496 e. The van der Waals surface area contributed by atoms with E-state index in [2.05, 4.69) is 53.8 Å². The van der Waals surface area contributed by atoms with Crippen LogP contribution in [0.15, 0.2) is 41.2 Å². The molecule has 0 aliphatic rings. The summed E-state index contributed by atoms with van der Waals surface area (Å²) < 4.78 is 5.41. The lowest BCUT2D eigenvalue weighted by atomic mass is 10.0. The molecule has 1 N–H and O–H groups in total. The van der Waals surface area contributed by atoms with Crippen LogP contribution in [0.2, 0.25) is 0 Å². The molecular formula is C19H22N2OS2. The monoisotopic (exact) mass is 358 g/mol. The van der Waals surface area contributed by atoms with Gasteiger partial charge in [0.05, 0.1) is 13.2 Å². The van der Waals surface area contributed by atoms with Crippen LogP contribution in [0.25, 0.3) is 0 Å². The van der Waals surface area contributed by atoms with Gasteiger partial charge in [-0.3, -0.25) is 0 Å². The molecule has 0 unspecified atom stereocenters. The molecule has 24 heavy (non-hydrogen) atoms. The average molecular weight is 359 g/mol. The molecular weight excluding hydrogens is 336 g/mol. The minimum Gasteiger partial charge on any atom is -0.496 e. The first-order valence-electron chi connectivity index (χ1n) is 7.96. The molecule has 3 rings (SSSR count). The Balaban J connectivity index is 1.75. The zero-order chi connectivity index (χ0) is 16.9. The highest BCUT2D eigenvalue weighted by atomic mass is 32.1. The zero-order valence-corrected chi connectivity index (χ0v) is 15.8. The summed E-state index contributed by atoms with van der Waals surface area (Å²) in [6.07, 6.45) is 2.85. The Morgan fingerprint density at radius 3 is 2.71 bits per heavy atom. The summed E-state index contributed by atoms with van der Waals surface area (Å²) in [5.41, 5.74) is 3.73. The second-order valence-corrected chi connectivity index (χ2v) is 7.79. The third kappa shape index (κ3) is 4.04. The van der Waals surface area contributed by atoms with E-state index in [0.29, 0.717) is 0 Å². The number of thiazole rings is 1. The Labute approximate surface area is 151 Å². The third-order valence-corrected chi connectivity index (χ3v) is 5.92. The standard InChI is InChI=1S/C19H22N2OS2/c1-13-10-18(22-3)14(2)9-15(13)12-21-17(19-20-6-8-24-19)11-16-5-4-7-23-16/h4-10,17,21H,11-12H2,1-3H3/t17-/m0/s1. The van der Waals surface area contributed by atoms with Crippen LogP contribution in [-0.4, -0.2) is 12.1 Å². The van der Waals surface area contributed by atoms with Gasteiger partial charge >= 0.3 is 0 Å². The summed E-state index contributed by atoms with van der Waals surface area (Å²) in [4.78, 5) is 5.90. The van der Waals surface area contributed by atoms with Crippen molar-refractivity contribution in [3.63, 3.8) is 0 Å². The Morgan fingerprint density at radius 1 is 1.17 bits per heavy atom. The summed E-state index contributed by atoms with van der Waals surface area (Å²) in [6.45, 7) is 5.05. The summed E-state index contributed by atoms with van der Waals surface area (Å²) in [5, 5.41) is 9.01. The molecule has 1 aromatic carbocycles. The molecule has 0 fully saturated rings. The smallest absolute Gasteiger partial charge is 0.122 e. The zero-order valence-electron chi connectivity index (χ0n) is 14.2. The highest BCUT2D eigenvalue weighted by Gasteiger charge is 2.16. The number of ether oxygens (including phenoxy) is 1. The van der Waals surface area contributed by atoms with Gasteiger partial charge in [0, 0.05) is 29.4 Å². The minimum atomic E-state index is 0.241. The van der Waals surface area contributed by atoms with Crippen LogP contribution in [0, 0.1) is 13.8 Å². The Bertz CT molecular complexity index is 767. The number of rotatable bonds is 7. The number of benzene rings is 1. The van der Waals surface area contributed by atoms with E-state index in [1.807, 2.05) is 11.6 Å². The van der Waals surface area contributed by atoms with Crippen molar-refractivity contribution in [2.75, 3.05) is 7.11 Å². The van der Waals surface area contributed by atoms with E-state index in [-0.39, 0.29) is 6.04 Å². The predicted octanol–water partition coefficient (Wildman–Crippen LogP) is 4.90. The molecule has 0 saturated heterocycles. The number of aryl methyl sites for hydroxylation is 2. The number of hydrogen-bond acceptors (Lipinski definition) is 5. The van der Waals surface area contributed by atoms with Gasteiger partial charge in [0.1, 0.15) is 10.8 Å². The molecule has 2 aromatic heterocycles. The predicted molar refractivity (Wildman–Crippen MR) is 102 cm³/mol. The van der Waals surface area contributed by atoms with Crippen LogP contribution < -0.4 is 10.1 Å². The van der Waals surface area contributed by atoms with Gasteiger partial charge in [0.25, 0.3) is 0 Å². The second-order valence-electron chi connectivity index (χ2n) is 5.84. The van der Waals surface area contributed by atoms with E-state index in [4.69, 9.17) is 4.74 Å². The summed E-state index contributed by atoms with van der Waals surface area (Å²) in [6, 6.07) is 8.87. The Kier molecular flexibility index (Phi) is 5.66. The first-order chi connectivity index (χ1) is 11.7. The van der Waals surface area contributed by atoms with E-state index < -0.39 is 0 Å². The van der Waals surface area contributed by atoms with Crippen molar-refractivity contribution in [2.45, 2.75) is 32.9 Å². The molecule has 3 nitrogen and oxygen atoms in total. The van der Waals surface area contributed by atoms with E-state index >= 15 is 0 Å². The highest BCUT2D eigenvalue weighted by Crippen LogP contribution is 2.26. The van der Waals surface area contributed by atoms with Crippen molar-refractivity contribution in [1.82, 2.24) is 10.3 Å². The first-order valence-corrected chi connectivity index (χ1v) is 9.72. The van der Waals surface area contributed by atoms with Crippen LogP contribution in [0.5, 0.6) is 5.75 Å². The van der Waals surface area contributed by atoms with E-state index in [1.165, 1.54) is 21.6 Å². The number of nitrogens with one attached hydrogen (secondary N) is 1. The minimum absolute atomic E-state index is 0.241. The van der Waals surface area contributed by atoms with E-state index in [9.17, 15) is 0 Å². The highest BCUT2D eigenvalue weighted by molar-refractivity contribution is 7.10. The normalized spacial score (nSPS) is 12.3. The molecule has 5 heteroatoms. The van der Waals surface area contributed by atoms with Gasteiger partial charge in [-0.15, -0.1) is 22.7 Å². The van der Waals surface area contributed by atoms with Crippen molar-refractivity contribution >= 4 is 22.7 Å². The van der Waals surface area contributed by atoms with Crippen LogP contribution in [0.3, 0.4) is 0 Å². The van der Waals surface area contributed by atoms with Crippen molar-refractivity contribution in [3.05, 3.63) is 67.8 Å². The Morgan fingerprint density at radius 2 is 2.04 bits per heavy atom. The molecule has 0 aliphatic carbocycles. The van der Waals surface area contributed by atoms with Crippen molar-refractivity contribution < 1.29 is 4.74 Å². The lowest BCUT2D eigenvalue weighted by Crippen LogP contribution is -2.23. The first kappa shape index (κ1) is 17.1. The molecule has 0 amide bonds. The maximum Gasteiger partial charge on any atom is 0.122 e. The van der Waals surface area contributed by atoms with Gasteiger partial charge < -0.3 is 10.1 Å². The van der Waals surface area contributed by atoms with Gasteiger partial charge in [-0.1, -0.05) is 12.1 Å². The summed E-state index contributed by atoms with van der Waals surface area (Å²) in [7, 11) is 1.72. The third-order valence-electron chi connectivity index (χ3n) is 4.13. The lowest BCUT2D eigenvalue weighted by molar-refractivity contribution is 0.411. The molecule has 0 radical (unpaired) electrons. The molecule has 3 aromatic rings. The SMILES string of the molecule is COc1cc(C)c(CN[C@@H](Cc2cccs2)c2nccs2)cc1C. The van der Waals surface area contributed by atoms with E-state index in [0.717, 1.165) is 23.7 Å². The molecule has 126 valence electrons. The number of hydrogen-bond donors (Lipinski definition) is 1. The fourth-order valence-electron chi connectivity index (χ4n) is 2.78. The average Bonchev–Trinajstić information content (AvgIpc) is 3.27. The van der Waals surface area contributed by atoms with Gasteiger partial charge in [0.2, 0.25) is 0 Å². The van der Waals surface area contributed by atoms with Crippen LogP contribution in [0.1, 0.15) is 32.6 Å². The van der Waals surface area contributed by atoms with Crippen molar-refractivity contribution in [2.24, 2.45) is 0 Å². The summed E-state index contributed by atoms with van der Waals surface area (Å²) in [5.74, 6) is 0.950. The maximum absolute atomic E-state index is 5.41.